The first-order valence-corrected chi connectivity index (χ1v) is 9.27. The van der Waals surface area contributed by atoms with Crippen LogP contribution >= 0.6 is 15.9 Å². The lowest BCUT2D eigenvalue weighted by Crippen LogP contribution is -2.27. The molecule has 1 aliphatic heterocycles. The zero-order valence-electron chi connectivity index (χ0n) is 11.8. The minimum atomic E-state index is -2.98. The lowest BCUT2D eigenvalue weighted by Gasteiger charge is -2.11. The van der Waals surface area contributed by atoms with Crippen LogP contribution in [-0.4, -0.2) is 32.6 Å². The summed E-state index contributed by atoms with van der Waals surface area (Å²) in [4.78, 5) is 0. The zero-order valence-corrected chi connectivity index (χ0v) is 14.2. The number of fused-ring (bicyclic) bond motifs is 1. The fourth-order valence-corrected chi connectivity index (χ4v) is 3.60. The summed E-state index contributed by atoms with van der Waals surface area (Å²) < 4.78 is 30.1. The highest BCUT2D eigenvalue weighted by Gasteiger charge is 2.18. The third-order valence-electron chi connectivity index (χ3n) is 3.42. The average molecular weight is 362 g/mol. The highest BCUT2D eigenvalue weighted by molar-refractivity contribution is 9.10. The molecule has 0 aliphatic carbocycles. The first-order valence-electron chi connectivity index (χ1n) is 6.76. The monoisotopic (exact) mass is 361 g/mol. The second-order valence-electron chi connectivity index (χ2n) is 5.24. The van der Waals surface area contributed by atoms with Gasteiger partial charge in [0.15, 0.2) is 9.84 Å². The number of sulfone groups is 1. The summed E-state index contributed by atoms with van der Waals surface area (Å²) >= 11 is 3.50. The Balaban J connectivity index is 1.93. The van der Waals surface area contributed by atoms with E-state index in [1.165, 1.54) is 5.56 Å². The van der Waals surface area contributed by atoms with Crippen LogP contribution in [0, 0.1) is 0 Å². The van der Waals surface area contributed by atoms with E-state index in [0.29, 0.717) is 13.1 Å². The van der Waals surface area contributed by atoms with Crippen LogP contribution in [0.1, 0.15) is 25.0 Å². The van der Waals surface area contributed by atoms with Crippen LogP contribution in [0.4, 0.5) is 0 Å². The van der Waals surface area contributed by atoms with E-state index in [2.05, 4.69) is 27.3 Å². The molecule has 0 unspecified atom stereocenters. The van der Waals surface area contributed by atoms with Crippen LogP contribution in [0.2, 0.25) is 0 Å². The quantitative estimate of drug-likeness (QED) is 0.789. The molecule has 1 N–H and O–H groups in total. The molecule has 112 valence electrons. The molecule has 1 aromatic carbocycles. The van der Waals surface area contributed by atoms with Crippen molar-refractivity contribution in [2.45, 2.75) is 32.1 Å². The number of ether oxygens (including phenoxy) is 1. The fraction of sp³-hybridized carbons (Fsp3) is 0.571. The summed E-state index contributed by atoms with van der Waals surface area (Å²) in [5.74, 6) is 1.12. The minimum absolute atomic E-state index is 0.168. The molecule has 0 amide bonds. The lowest BCUT2D eigenvalue weighted by atomic mass is 10.1. The van der Waals surface area contributed by atoms with Crippen LogP contribution in [0.5, 0.6) is 5.75 Å². The molecule has 0 radical (unpaired) electrons. The summed E-state index contributed by atoms with van der Waals surface area (Å²) in [6.45, 7) is 5.23. The standard InChI is InChI=1S/C14H20BrNO3S/c1-10(2)20(17,18)6-4-16-9-12-8-13(15)7-11-3-5-19-14(11)12/h7-8,10,16H,3-6,9H2,1-2H3. The number of nitrogens with one attached hydrogen (secondary N) is 1. The van der Waals surface area contributed by atoms with Gasteiger partial charge in [-0.1, -0.05) is 15.9 Å². The van der Waals surface area contributed by atoms with Crippen LogP contribution in [0.15, 0.2) is 16.6 Å². The molecule has 0 fully saturated rings. The summed E-state index contributed by atoms with van der Waals surface area (Å²) in [7, 11) is -2.98. The molecule has 0 aromatic heterocycles. The van der Waals surface area contributed by atoms with E-state index in [9.17, 15) is 8.42 Å². The van der Waals surface area contributed by atoms with Gasteiger partial charge in [-0.3, -0.25) is 0 Å². The Morgan fingerprint density at radius 2 is 2.15 bits per heavy atom. The van der Waals surface area contributed by atoms with Crippen molar-refractivity contribution in [2.75, 3.05) is 18.9 Å². The van der Waals surface area contributed by atoms with Gasteiger partial charge in [-0.25, -0.2) is 8.42 Å². The number of hydrogen-bond acceptors (Lipinski definition) is 4. The average Bonchev–Trinajstić information content (AvgIpc) is 2.82. The second-order valence-corrected chi connectivity index (χ2v) is 8.84. The van der Waals surface area contributed by atoms with Crippen LogP contribution in [0.3, 0.4) is 0 Å². The van der Waals surface area contributed by atoms with Gasteiger partial charge in [0.25, 0.3) is 0 Å². The van der Waals surface area contributed by atoms with E-state index < -0.39 is 9.84 Å². The molecule has 4 nitrogen and oxygen atoms in total. The van der Waals surface area contributed by atoms with E-state index in [1.807, 2.05) is 6.07 Å². The van der Waals surface area contributed by atoms with Crippen LogP contribution in [-0.2, 0) is 22.8 Å². The molecule has 0 bridgehead atoms. The highest BCUT2D eigenvalue weighted by atomic mass is 79.9. The Hall–Kier alpha value is -0.590. The number of hydrogen-bond donors (Lipinski definition) is 1. The Bertz CT molecular complexity index is 584. The maximum absolute atomic E-state index is 11.7. The molecular formula is C14H20BrNO3S. The molecule has 6 heteroatoms. The SMILES string of the molecule is CC(C)S(=O)(=O)CCNCc1cc(Br)cc2c1OCC2. The predicted molar refractivity (Wildman–Crippen MR) is 84.0 cm³/mol. The third-order valence-corrected chi connectivity index (χ3v) is 6.09. The van der Waals surface area contributed by atoms with Crippen molar-refractivity contribution in [1.82, 2.24) is 5.32 Å². The Morgan fingerprint density at radius 1 is 1.40 bits per heavy atom. The topological polar surface area (TPSA) is 55.4 Å². The van der Waals surface area contributed by atoms with Crippen LogP contribution < -0.4 is 10.1 Å². The van der Waals surface area contributed by atoms with Gasteiger partial charge in [0, 0.05) is 29.5 Å². The molecule has 20 heavy (non-hydrogen) atoms. The first-order chi connectivity index (χ1) is 9.40. The van der Waals surface area contributed by atoms with Crippen molar-refractivity contribution in [1.29, 1.82) is 0 Å². The lowest BCUT2D eigenvalue weighted by molar-refractivity contribution is 0.352. The Morgan fingerprint density at radius 3 is 2.85 bits per heavy atom. The van der Waals surface area contributed by atoms with E-state index in [1.54, 1.807) is 13.8 Å². The van der Waals surface area contributed by atoms with Crippen molar-refractivity contribution in [3.63, 3.8) is 0 Å². The van der Waals surface area contributed by atoms with Gasteiger partial charge in [0.2, 0.25) is 0 Å². The second kappa shape index (κ2) is 6.45. The highest BCUT2D eigenvalue weighted by Crippen LogP contribution is 2.32. The molecule has 1 aromatic rings. The maximum atomic E-state index is 11.7. The number of benzene rings is 1. The maximum Gasteiger partial charge on any atom is 0.153 e. The smallest absolute Gasteiger partial charge is 0.153 e. The van der Waals surface area contributed by atoms with Gasteiger partial charge in [-0.05, 0) is 31.5 Å². The van der Waals surface area contributed by atoms with Gasteiger partial charge in [0.1, 0.15) is 5.75 Å². The Labute approximate surface area is 129 Å². The molecule has 0 saturated carbocycles. The van der Waals surface area contributed by atoms with Gasteiger partial charge < -0.3 is 10.1 Å². The van der Waals surface area contributed by atoms with Gasteiger partial charge in [-0.15, -0.1) is 0 Å². The zero-order chi connectivity index (χ0) is 14.8. The van der Waals surface area contributed by atoms with Gasteiger partial charge in [-0.2, -0.15) is 0 Å². The van der Waals surface area contributed by atoms with Crippen molar-refractivity contribution < 1.29 is 13.2 Å². The minimum Gasteiger partial charge on any atom is -0.493 e. The summed E-state index contributed by atoms with van der Waals surface area (Å²) in [6.07, 6.45) is 0.934. The summed E-state index contributed by atoms with van der Waals surface area (Å²) in [6, 6.07) is 4.10. The predicted octanol–water partition coefficient (Wildman–Crippen LogP) is 2.30. The van der Waals surface area contributed by atoms with E-state index in [-0.39, 0.29) is 11.0 Å². The van der Waals surface area contributed by atoms with E-state index >= 15 is 0 Å². The normalized spacial score (nSPS) is 14.4. The largest absolute Gasteiger partial charge is 0.493 e. The first kappa shape index (κ1) is 15.8. The van der Waals surface area contributed by atoms with Crippen molar-refractivity contribution in [3.05, 3.63) is 27.7 Å². The molecule has 1 aliphatic rings. The summed E-state index contributed by atoms with van der Waals surface area (Å²) in [5, 5.41) is 2.87. The fourth-order valence-electron chi connectivity index (χ4n) is 2.15. The molecule has 2 rings (SSSR count). The molecule has 1 heterocycles. The van der Waals surface area contributed by atoms with Gasteiger partial charge in [0.05, 0.1) is 17.6 Å². The number of rotatable bonds is 6. The molecule has 0 atom stereocenters. The third kappa shape index (κ3) is 3.74. The van der Waals surface area contributed by atoms with E-state index in [0.717, 1.165) is 28.8 Å². The molecule has 0 spiro atoms. The molecular weight excluding hydrogens is 342 g/mol. The van der Waals surface area contributed by atoms with Crippen molar-refractivity contribution in [3.8, 4) is 5.75 Å². The van der Waals surface area contributed by atoms with Crippen molar-refractivity contribution in [2.24, 2.45) is 0 Å². The summed E-state index contributed by atoms with van der Waals surface area (Å²) in [5.41, 5.74) is 2.29. The number of halogens is 1. The van der Waals surface area contributed by atoms with Crippen LogP contribution in [0.25, 0.3) is 0 Å². The van der Waals surface area contributed by atoms with E-state index in [4.69, 9.17) is 4.74 Å². The molecule has 0 saturated heterocycles. The van der Waals surface area contributed by atoms with Gasteiger partial charge >= 0.3 is 0 Å². The Kier molecular flexibility index (Phi) is 5.09. The van der Waals surface area contributed by atoms with Crippen molar-refractivity contribution >= 4 is 25.8 Å².